The first-order valence-corrected chi connectivity index (χ1v) is 33.5. The molecule has 2 aromatic carbocycles. The lowest BCUT2D eigenvalue weighted by Gasteiger charge is -2.11. The molecular weight excluding hydrogens is 1050 g/mol. The van der Waals surface area contributed by atoms with Crippen molar-refractivity contribution in [1.29, 1.82) is 0 Å². The Morgan fingerprint density at radius 3 is 0.661 bits per heavy atom. The molecule has 0 amide bonds. The van der Waals surface area contributed by atoms with Crippen LogP contribution >= 0.6 is 76.0 Å². The van der Waals surface area contributed by atoms with E-state index in [1.54, 1.807) is 12.1 Å². The van der Waals surface area contributed by atoms with Gasteiger partial charge in [0.25, 0.3) is 0 Å². The molecule has 62 heavy (non-hydrogen) atoms. The van der Waals surface area contributed by atoms with E-state index in [-0.39, 0.29) is 29.9 Å². The Bertz CT molecular complexity index is 2000. The Morgan fingerprint density at radius 2 is 0.500 bits per heavy atom. The predicted octanol–water partition coefficient (Wildman–Crippen LogP) is 0.457. The summed E-state index contributed by atoms with van der Waals surface area (Å²) >= 11 is 0. The van der Waals surface area contributed by atoms with Crippen LogP contribution in [0.1, 0.15) is 28.7 Å². The first-order valence-electron chi connectivity index (χ1n) is 15.6. The topological polar surface area (TPSA) is 575 Å². The molecule has 0 radical (unpaired) electrons. The van der Waals surface area contributed by atoms with Crippen LogP contribution in [-0.2, 0) is 70.3 Å². The van der Waals surface area contributed by atoms with Gasteiger partial charge in [0.1, 0.15) is 0 Å². The van der Waals surface area contributed by atoms with Crippen LogP contribution in [0.3, 0.4) is 0 Å². The zero-order valence-corrected chi connectivity index (χ0v) is 40.1. The van der Waals surface area contributed by atoms with E-state index in [2.05, 4.69) is 0 Å². The molecule has 0 bridgehead atoms. The molecule has 2 rings (SSSR count). The van der Waals surface area contributed by atoms with Gasteiger partial charge in [0.15, 0.2) is 5.90 Å². The molecular formula is C22H48O30P10. The van der Waals surface area contributed by atoms with E-state index in [1.165, 1.54) is 36.4 Å². The van der Waals surface area contributed by atoms with Crippen LogP contribution in [0, 0.1) is 0 Å². The van der Waals surface area contributed by atoms with Crippen molar-refractivity contribution in [2.45, 2.75) is 31.1 Å². The second-order valence-corrected chi connectivity index (χ2v) is 29.7. The van der Waals surface area contributed by atoms with Crippen LogP contribution in [0.4, 0.5) is 0 Å². The van der Waals surface area contributed by atoms with Crippen LogP contribution in [0.2, 0.25) is 0 Å². The largest absolute Gasteiger partial charge is 0.337 e. The summed E-state index contributed by atoms with van der Waals surface area (Å²) in [6.07, 6.45) is -4.40. The highest BCUT2D eigenvalue weighted by Crippen LogP contribution is 2.51. The molecule has 0 saturated carbocycles. The second kappa shape index (κ2) is 27.1. The van der Waals surface area contributed by atoms with Gasteiger partial charge >= 0.3 is 76.0 Å². The smallest absolute Gasteiger partial charge is 0.324 e. The summed E-state index contributed by atoms with van der Waals surface area (Å²) in [7, 11) is -42.5. The Hall–Kier alpha value is -0.0600. The fraction of sp³-hybridized carbons (Fsp3) is 0.455. The third-order valence-corrected chi connectivity index (χ3v) is 15.4. The lowest BCUT2D eigenvalue weighted by atomic mass is 10.1. The Morgan fingerprint density at radius 1 is 0.274 bits per heavy atom. The lowest BCUT2D eigenvalue weighted by molar-refractivity contribution is 0.354. The minimum Gasteiger partial charge on any atom is -0.324 e. The molecule has 2 aromatic rings. The molecule has 0 aliphatic rings. The van der Waals surface area contributed by atoms with Gasteiger partial charge in [-0.2, -0.15) is 0 Å². The third-order valence-electron chi connectivity index (χ3n) is 5.62. The Balaban J connectivity index is -0.000000717. The zero-order chi connectivity index (χ0) is 50.0. The van der Waals surface area contributed by atoms with Crippen molar-refractivity contribution in [2.75, 3.05) is 30.6 Å². The molecule has 0 aromatic heterocycles. The highest BCUT2D eigenvalue weighted by atomic mass is 31.2. The van der Waals surface area contributed by atoms with Crippen LogP contribution < -0.4 is 0 Å². The summed E-state index contributed by atoms with van der Waals surface area (Å²) in [5.74, 6) is -1.38. The van der Waals surface area contributed by atoms with Gasteiger partial charge in [-0.3, -0.25) is 45.7 Å². The minimum absolute atomic E-state index is 0.158. The third kappa shape index (κ3) is 54.3. The van der Waals surface area contributed by atoms with Crippen molar-refractivity contribution in [3.63, 3.8) is 0 Å². The molecule has 0 spiro atoms. The van der Waals surface area contributed by atoms with Gasteiger partial charge in [-0.1, -0.05) is 48.5 Å². The minimum atomic E-state index is -4.55. The SMILES string of the molecule is O=P(O)(O)CCCP(=O)(O)O.O=P(O)(O)CCP(=O)(O)O.O=P(O)(O)CP(=O)(O)O.O=P(O)(O)Cc1ccc(CP(=O)(O)O)cc1.O=P(O)(O)Cc1ccccc1CP(=O)(O)O. The van der Waals surface area contributed by atoms with Crippen LogP contribution in [0.5, 0.6) is 0 Å². The zero-order valence-electron chi connectivity index (χ0n) is 31.2. The van der Waals surface area contributed by atoms with Crippen molar-refractivity contribution in [3.05, 3.63) is 70.8 Å². The molecule has 0 unspecified atom stereocenters. The molecule has 366 valence electrons. The molecule has 0 atom stereocenters. The standard InChI is InChI=1S/2C8H12O6P2.C3H10O6P2.C2H8O6P2.CH6O6P2/c9-15(10,11)5-7-1-2-8(4-3-7)6-16(12,13)14;9-15(10,11)5-7-3-1-2-4-8(7)6-16(12,13)14;4-10(5,6)2-1-3-11(7,8)9;3-9(4,5)1-2-10(6,7)8;2-8(3,4)1-9(5,6)7/h2*1-4H,5-6H2,(H2,9,10,11)(H2,12,13,14);1-3H2,(H2,4,5,6)(H2,7,8,9);1-2H2,(H2,3,4,5)(H2,6,7,8);1H2,(H2,2,3,4)(H2,5,6,7). The molecule has 30 nitrogen and oxygen atoms in total. The molecule has 0 fully saturated rings. The van der Waals surface area contributed by atoms with Gasteiger partial charge in [0.05, 0.1) is 49.3 Å². The fourth-order valence-corrected chi connectivity index (χ4v) is 11.8. The summed E-state index contributed by atoms with van der Waals surface area (Å²) in [6, 6.07) is 11.8. The predicted molar refractivity (Wildman–Crippen MR) is 217 cm³/mol. The van der Waals surface area contributed by atoms with Gasteiger partial charge in [-0.15, -0.1) is 0 Å². The molecule has 0 heterocycles. The van der Waals surface area contributed by atoms with Gasteiger partial charge in [-0.25, -0.2) is 0 Å². The number of hydrogen-bond donors (Lipinski definition) is 20. The van der Waals surface area contributed by atoms with Crippen molar-refractivity contribution >= 4 is 76.0 Å². The summed E-state index contributed by atoms with van der Waals surface area (Å²) in [4.78, 5) is 168. The lowest BCUT2D eigenvalue weighted by Crippen LogP contribution is -1.96. The monoisotopic (exact) mass is 1100 g/mol. The van der Waals surface area contributed by atoms with Crippen LogP contribution in [0.25, 0.3) is 0 Å². The summed E-state index contributed by atoms with van der Waals surface area (Å²) < 4.78 is 103. The van der Waals surface area contributed by atoms with E-state index in [1.807, 2.05) is 0 Å². The molecule has 40 heteroatoms. The first kappa shape index (κ1) is 66.2. The van der Waals surface area contributed by atoms with Gasteiger partial charge in [-0.05, 0) is 28.7 Å². The number of hydrogen-bond acceptors (Lipinski definition) is 10. The van der Waals surface area contributed by atoms with Crippen LogP contribution in [-0.4, -0.2) is 128 Å². The van der Waals surface area contributed by atoms with Crippen molar-refractivity contribution in [1.82, 2.24) is 0 Å². The molecule has 0 aliphatic carbocycles. The average molecular weight is 1100 g/mol. The maximum Gasteiger partial charge on any atom is 0.337 e. The van der Waals surface area contributed by atoms with Gasteiger partial charge in [0.2, 0.25) is 0 Å². The number of rotatable bonds is 17. The van der Waals surface area contributed by atoms with E-state index in [9.17, 15) is 45.7 Å². The van der Waals surface area contributed by atoms with Gasteiger partial charge in [0, 0.05) is 0 Å². The Labute approximate surface area is 351 Å². The van der Waals surface area contributed by atoms with Crippen molar-refractivity contribution in [2.24, 2.45) is 0 Å². The summed E-state index contributed by atoms with van der Waals surface area (Å²) in [5.41, 5.74) is 1.39. The molecule has 0 aliphatic heterocycles. The van der Waals surface area contributed by atoms with E-state index >= 15 is 0 Å². The molecule has 0 saturated heterocycles. The van der Waals surface area contributed by atoms with E-state index in [0.29, 0.717) is 11.1 Å². The maximum absolute atomic E-state index is 10.8. The molecule has 20 N–H and O–H groups in total. The van der Waals surface area contributed by atoms with Crippen LogP contribution in [0.15, 0.2) is 48.5 Å². The quantitative estimate of drug-likeness (QED) is 0.0957. The Kier molecular flexibility index (Phi) is 28.9. The second-order valence-electron chi connectivity index (χ2n) is 12.3. The fourth-order valence-electron chi connectivity index (χ4n) is 3.52. The summed E-state index contributed by atoms with van der Waals surface area (Å²) in [6.45, 7) is 0. The summed E-state index contributed by atoms with van der Waals surface area (Å²) in [5, 5.41) is 0. The highest BCUT2D eigenvalue weighted by molar-refractivity contribution is 7.69. The van der Waals surface area contributed by atoms with Gasteiger partial charge < -0.3 is 97.9 Å². The van der Waals surface area contributed by atoms with E-state index < -0.39 is 119 Å². The first-order chi connectivity index (χ1) is 27.0. The van der Waals surface area contributed by atoms with E-state index in [0.717, 1.165) is 0 Å². The maximum atomic E-state index is 10.8. The average Bonchev–Trinajstić information content (AvgIpc) is 2.93. The van der Waals surface area contributed by atoms with Crippen molar-refractivity contribution < 1.29 is 144 Å². The van der Waals surface area contributed by atoms with E-state index in [4.69, 9.17) is 97.9 Å². The normalized spacial score (nSPS) is 13.2. The highest BCUT2D eigenvalue weighted by Gasteiger charge is 2.27. The number of benzene rings is 2. The van der Waals surface area contributed by atoms with Crippen molar-refractivity contribution in [3.8, 4) is 0 Å².